The Morgan fingerprint density at radius 2 is 2.15 bits per heavy atom. The Balaban J connectivity index is 2.41. The van der Waals surface area contributed by atoms with Crippen molar-refractivity contribution in [3.05, 3.63) is 11.9 Å². The van der Waals surface area contributed by atoms with E-state index < -0.39 is 0 Å². The molecule has 0 bridgehead atoms. The smallest absolute Gasteiger partial charge is 0.242 e. The second kappa shape index (κ2) is 7.38. The van der Waals surface area contributed by atoms with Gasteiger partial charge in [0, 0.05) is 12.1 Å². The van der Waals surface area contributed by atoms with E-state index in [2.05, 4.69) is 34.8 Å². The molecule has 1 amide bonds. The van der Waals surface area contributed by atoms with Crippen molar-refractivity contribution in [2.24, 2.45) is 5.92 Å². The number of hydrogen-bond acceptors (Lipinski definition) is 4. The summed E-state index contributed by atoms with van der Waals surface area (Å²) in [7, 11) is 0. The van der Waals surface area contributed by atoms with Gasteiger partial charge in [-0.3, -0.25) is 4.79 Å². The van der Waals surface area contributed by atoms with Crippen LogP contribution >= 0.6 is 0 Å². The second-order valence-corrected chi connectivity index (χ2v) is 6.22. The number of rotatable bonds is 8. The summed E-state index contributed by atoms with van der Waals surface area (Å²) in [5, 5.41) is 14.3. The predicted octanol–water partition coefficient (Wildman–Crippen LogP) is 1.33. The van der Waals surface area contributed by atoms with Crippen LogP contribution in [0.5, 0.6) is 0 Å². The van der Waals surface area contributed by atoms with Gasteiger partial charge in [0.1, 0.15) is 6.54 Å². The fourth-order valence-corrected chi connectivity index (χ4v) is 1.64. The maximum atomic E-state index is 11.9. The van der Waals surface area contributed by atoms with Crippen LogP contribution in [0.3, 0.4) is 0 Å². The molecule has 114 valence electrons. The van der Waals surface area contributed by atoms with E-state index in [0.29, 0.717) is 12.5 Å². The molecule has 1 aromatic rings. The number of carbonyl (C=O) groups is 1. The zero-order chi connectivity index (χ0) is 15.2. The van der Waals surface area contributed by atoms with Crippen molar-refractivity contribution in [1.82, 2.24) is 25.6 Å². The molecule has 2 N–H and O–H groups in total. The lowest BCUT2D eigenvalue weighted by atomic mass is 10.0. The van der Waals surface area contributed by atoms with E-state index in [9.17, 15) is 4.79 Å². The van der Waals surface area contributed by atoms with Gasteiger partial charge in [0.05, 0.1) is 11.9 Å². The highest BCUT2D eigenvalue weighted by atomic mass is 16.2. The summed E-state index contributed by atoms with van der Waals surface area (Å²) in [6.07, 6.45) is 2.70. The standard InChI is InChI=1S/C14H27N5O/c1-6-14(4,5)16-13(20)10-19-9-12(17-18-19)8-15-7-11(2)3/h9,11,15H,6-8,10H2,1-5H3,(H,16,20). The maximum Gasteiger partial charge on any atom is 0.242 e. The van der Waals surface area contributed by atoms with E-state index in [4.69, 9.17) is 0 Å². The first-order chi connectivity index (χ1) is 9.32. The van der Waals surface area contributed by atoms with E-state index in [1.807, 2.05) is 27.0 Å². The van der Waals surface area contributed by atoms with Crippen LogP contribution in [-0.4, -0.2) is 33.0 Å². The number of nitrogens with zero attached hydrogens (tertiary/aromatic N) is 3. The van der Waals surface area contributed by atoms with Crippen LogP contribution in [0.15, 0.2) is 6.20 Å². The van der Waals surface area contributed by atoms with Gasteiger partial charge in [0.15, 0.2) is 0 Å². The fraction of sp³-hybridized carbons (Fsp3) is 0.786. The molecule has 0 radical (unpaired) electrons. The van der Waals surface area contributed by atoms with Gasteiger partial charge in [-0.1, -0.05) is 26.0 Å². The lowest BCUT2D eigenvalue weighted by molar-refractivity contribution is -0.123. The summed E-state index contributed by atoms with van der Waals surface area (Å²) >= 11 is 0. The number of hydrogen-bond donors (Lipinski definition) is 2. The Morgan fingerprint density at radius 1 is 1.45 bits per heavy atom. The molecule has 0 spiro atoms. The Labute approximate surface area is 121 Å². The van der Waals surface area contributed by atoms with Crippen LogP contribution in [0, 0.1) is 5.92 Å². The quantitative estimate of drug-likeness (QED) is 0.754. The van der Waals surface area contributed by atoms with Crippen molar-refractivity contribution in [3.8, 4) is 0 Å². The monoisotopic (exact) mass is 281 g/mol. The van der Waals surface area contributed by atoms with Gasteiger partial charge < -0.3 is 10.6 Å². The molecule has 0 unspecified atom stereocenters. The average molecular weight is 281 g/mol. The van der Waals surface area contributed by atoms with Gasteiger partial charge >= 0.3 is 0 Å². The Bertz CT molecular complexity index is 425. The molecule has 0 aliphatic rings. The molecular formula is C14H27N5O. The molecule has 0 fully saturated rings. The Morgan fingerprint density at radius 3 is 2.75 bits per heavy atom. The summed E-state index contributed by atoms with van der Waals surface area (Å²) in [6.45, 7) is 12.2. The van der Waals surface area contributed by atoms with Gasteiger partial charge in [-0.2, -0.15) is 0 Å². The minimum atomic E-state index is -0.181. The number of aromatic nitrogens is 3. The van der Waals surface area contributed by atoms with Gasteiger partial charge in [0.25, 0.3) is 0 Å². The maximum absolute atomic E-state index is 11.9. The third kappa shape index (κ3) is 6.14. The van der Waals surface area contributed by atoms with Gasteiger partial charge in [-0.15, -0.1) is 5.10 Å². The average Bonchev–Trinajstić information content (AvgIpc) is 2.75. The highest BCUT2D eigenvalue weighted by molar-refractivity contribution is 5.76. The van der Waals surface area contributed by atoms with Crippen LogP contribution in [0.25, 0.3) is 0 Å². The first-order valence-corrected chi connectivity index (χ1v) is 7.23. The molecule has 6 nitrogen and oxygen atoms in total. The Hall–Kier alpha value is -1.43. The van der Waals surface area contributed by atoms with Crippen molar-refractivity contribution in [2.45, 2.75) is 59.7 Å². The van der Waals surface area contributed by atoms with Crippen molar-refractivity contribution in [1.29, 1.82) is 0 Å². The third-order valence-corrected chi connectivity index (χ3v) is 3.11. The molecule has 1 heterocycles. The summed E-state index contributed by atoms with van der Waals surface area (Å²) < 4.78 is 1.58. The lowest BCUT2D eigenvalue weighted by Crippen LogP contribution is -2.44. The molecule has 6 heteroatoms. The van der Waals surface area contributed by atoms with Gasteiger partial charge in [0.2, 0.25) is 5.91 Å². The topological polar surface area (TPSA) is 71.8 Å². The van der Waals surface area contributed by atoms with Crippen LogP contribution in [-0.2, 0) is 17.9 Å². The number of carbonyl (C=O) groups excluding carboxylic acids is 1. The van der Waals surface area contributed by atoms with E-state index in [1.54, 1.807) is 4.68 Å². The van der Waals surface area contributed by atoms with Crippen molar-refractivity contribution >= 4 is 5.91 Å². The van der Waals surface area contributed by atoms with E-state index >= 15 is 0 Å². The minimum absolute atomic E-state index is 0.0385. The largest absolute Gasteiger partial charge is 0.350 e. The molecular weight excluding hydrogens is 254 g/mol. The molecule has 0 aromatic carbocycles. The number of amides is 1. The molecule has 0 aliphatic heterocycles. The Kier molecular flexibility index (Phi) is 6.13. The zero-order valence-corrected chi connectivity index (χ0v) is 13.2. The molecule has 0 aliphatic carbocycles. The summed E-state index contributed by atoms with van der Waals surface area (Å²) in [4.78, 5) is 11.9. The van der Waals surface area contributed by atoms with E-state index in [0.717, 1.165) is 18.7 Å². The number of nitrogens with one attached hydrogen (secondary N) is 2. The first kappa shape index (κ1) is 16.6. The molecule has 1 rings (SSSR count). The molecule has 1 aromatic heterocycles. The summed E-state index contributed by atoms with van der Waals surface area (Å²) in [6, 6.07) is 0. The van der Waals surface area contributed by atoms with Crippen LogP contribution in [0.1, 0.15) is 46.7 Å². The fourth-order valence-electron chi connectivity index (χ4n) is 1.64. The first-order valence-electron chi connectivity index (χ1n) is 7.23. The van der Waals surface area contributed by atoms with Crippen LogP contribution < -0.4 is 10.6 Å². The molecule has 0 saturated carbocycles. The van der Waals surface area contributed by atoms with Crippen molar-refractivity contribution in [3.63, 3.8) is 0 Å². The van der Waals surface area contributed by atoms with Gasteiger partial charge in [-0.25, -0.2) is 4.68 Å². The molecule has 20 heavy (non-hydrogen) atoms. The van der Waals surface area contributed by atoms with E-state index in [1.165, 1.54) is 0 Å². The van der Waals surface area contributed by atoms with Crippen molar-refractivity contribution in [2.75, 3.05) is 6.54 Å². The summed E-state index contributed by atoms with van der Waals surface area (Å²) in [5.41, 5.74) is 0.674. The normalized spacial score (nSPS) is 11.9. The third-order valence-electron chi connectivity index (χ3n) is 3.11. The van der Waals surface area contributed by atoms with E-state index in [-0.39, 0.29) is 18.0 Å². The lowest BCUT2D eigenvalue weighted by Gasteiger charge is -2.24. The van der Waals surface area contributed by atoms with Gasteiger partial charge in [-0.05, 0) is 32.7 Å². The highest BCUT2D eigenvalue weighted by Crippen LogP contribution is 2.06. The van der Waals surface area contributed by atoms with Crippen molar-refractivity contribution < 1.29 is 4.79 Å². The SMILES string of the molecule is CCC(C)(C)NC(=O)Cn1cc(CNCC(C)C)nn1. The van der Waals surface area contributed by atoms with Crippen LogP contribution in [0.4, 0.5) is 0 Å². The zero-order valence-electron chi connectivity index (χ0n) is 13.2. The minimum Gasteiger partial charge on any atom is -0.350 e. The predicted molar refractivity (Wildman–Crippen MR) is 79.1 cm³/mol. The molecule has 0 saturated heterocycles. The highest BCUT2D eigenvalue weighted by Gasteiger charge is 2.18. The second-order valence-electron chi connectivity index (χ2n) is 6.22. The summed E-state index contributed by atoms with van der Waals surface area (Å²) in [5.74, 6) is 0.565. The molecule has 0 atom stereocenters. The van der Waals surface area contributed by atoms with Crippen LogP contribution in [0.2, 0.25) is 0 Å².